The smallest absolute Gasteiger partial charge is 0.170 e. The van der Waals surface area contributed by atoms with Gasteiger partial charge < -0.3 is 9.80 Å². The zero-order valence-electron chi connectivity index (χ0n) is 24.9. The highest BCUT2D eigenvalue weighted by molar-refractivity contribution is 5.70. The maximum Gasteiger partial charge on any atom is 0.170 e. The molecular weight excluding hydrogens is 488 g/mol. The number of aromatic nitrogens is 2. The highest BCUT2D eigenvalue weighted by Gasteiger charge is 2.00. The molecule has 0 saturated carbocycles. The van der Waals surface area contributed by atoms with Gasteiger partial charge in [-0.05, 0) is 36.1 Å². The molecule has 0 saturated heterocycles. The van der Waals surface area contributed by atoms with Crippen LogP contribution < -0.4 is 18.9 Å². The van der Waals surface area contributed by atoms with Gasteiger partial charge in [0.2, 0.25) is 0 Å². The second-order valence-electron chi connectivity index (χ2n) is 9.87. The Morgan fingerprint density at radius 1 is 0.400 bits per heavy atom. The summed E-state index contributed by atoms with van der Waals surface area (Å²) in [6.45, 7) is 6.34. The van der Waals surface area contributed by atoms with E-state index in [-0.39, 0.29) is 0 Å². The van der Waals surface area contributed by atoms with Gasteiger partial charge in [0.1, 0.15) is 13.1 Å². The average Bonchev–Trinajstić information content (AvgIpc) is 3.02. The summed E-state index contributed by atoms with van der Waals surface area (Å²) in [5.74, 6) is 0. The lowest BCUT2D eigenvalue weighted by atomic mass is 10.0. The Bertz CT molecular complexity index is 1250. The summed E-state index contributed by atoms with van der Waals surface area (Å²) in [5.41, 5.74) is 7.53. The van der Waals surface area contributed by atoms with Gasteiger partial charge in [-0.15, -0.1) is 0 Å². The predicted octanol–water partition coefficient (Wildman–Crippen LogP) is 7.14. The van der Waals surface area contributed by atoms with Crippen LogP contribution in [0.3, 0.4) is 0 Å². The Hall–Kier alpha value is -4.44. The zero-order valence-corrected chi connectivity index (χ0v) is 24.9. The lowest BCUT2D eigenvalue weighted by Crippen LogP contribution is -2.31. The standard InChI is InChI=1S/C18H14.2C9H15N2/c1-3-7-15(8-4-1)17-11-13-18(14-12-17)16-9-5-2-6-10-16;2*1-4-11-7-5-9(6-8-11)10(2)3/h1-14H;2*5-8H,4H2,1-3H3/q;2*+1. The van der Waals surface area contributed by atoms with Crippen molar-refractivity contribution in [3.63, 3.8) is 0 Å². The summed E-state index contributed by atoms with van der Waals surface area (Å²) >= 11 is 0. The first kappa shape index (κ1) is 30.1. The molecule has 40 heavy (non-hydrogen) atoms. The van der Waals surface area contributed by atoms with E-state index >= 15 is 0 Å². The molecule has 0 aliphatic heterocycles. The molecule has 0 amide bonds. The first-order valence-electron chi connectivity index (χ1n) is 13.9. The van der Waals surface area contributed by atoms with Gasteiger partial charge in [0.15, 0.2) is 24.8 Å². The molecule has 0 unspecified atom stereocenters. The van der Waals surface area contributed by atoms with E-state index in [0.29, 0.717) is 0 Å². The lowest BCUT2D eigenvalue weighted by Gasteiger charge is -2.09. The first-order chi connectivity index (χ1) is 19.4. The quantitative estimate of drug-likeness (QED) is 0.216. The van der Waals surface area contributed by atoms with E-state index in [9.17, 15) is 0 Å². The van der Waals surface area contributed by atoms with E-state index in [1.54, 1.807) is 0 Å². The molecule has 206 valence electrons. The molecule has 0 atom stereocenters. The van der Waals surface area contributed by atoms with Crippen molar-refractivity contribution in [1.82, 2.24) is 0 Å². The van der Waals surface area contributed by atoms with E-state index in [4.69, 9.17) is 0 Å². The summed E-state index contributed by atoms with van der Waals surface area (Å²) in [7, 11) is 8.19. The molecule has 5 rings (SSSR count). The van der Waals surface area contributed by atoms with Crippen LogP contribution in [-0.4, -0.2) is 28.2 Å². The van der Waals surface area contributed by atoms with Crippen molar-refractivity contribution in [2.75, 3.05) is 38.0 Å². The van der Waals surface area contributed by atoms with Crippen molar-refractivity contribution >= 4 is 11.4 Å². The molecule has 0 bridgehead atoms. The van der Waals surface area contributed by atoms with Gasteiger partial charge in [0, 0.05) is 63.8 Å². The van der Waals surface area contributed by atoms with Gasteiger partial charge in [-0.3, -0.25) is 0 Å². The fraction of sp³-hybridized carbons (Fsp3) is 0.222. The number of anilines is 2. The van der Waals surface area contributed by atoms with Gasteiger partial charge in [0.25, 0.3) is 0 Å². The Morgan fingerprint density at radius 3 is 0.925 bits per heavy atom. The monoisotopic (exact) mass is 532 g/mol. The fourth-order valence-corrected chi connectivity index (χ4v) is 4.03. The zero-order chi connectivity index (χ0) is 28.7. The third-order valence-corrected chi connectivity index (χ3v) is 6.61. The maximum absolute atomic E-state index is 2.18. The van der Waals surface area contributed by atoms with E-state index < -0.39 is 0 Å². The highest BCUT2D eigenvalue weighted by atomic mass is 15.1. The Balaban J connectivity index is 0.000000175. The van der Waals surface area contributed by atoms with Crippen molar-refractivity contribution in [2.45, 2.75) is 26.9 Å². The van der Waals surface area contributed by atoms with Crippen LogP contribution in [0.15, 0.2) is 134 Å². The molecule has 2 aromatic heterocycles. The summed E-state index contributed by atoms with van der Waals surface area (Å²) in [6.07, 6.45) is 8.37. The van der Waals surface area contributed by atoms with E-state index in [0.717, 1.165) is 13.1 Å². The van der Waals surface area contributed by atoms with Crippen LogP contribution >= 0.6 is 0 Å². The minimum Gasteiger partial charge on any atom is -0.377 e. The van der Waals surface area contributed by atoms with Crippen molar-refractivity contribution in [1.29, 1.82) is 0 Å². The second kappa shape index (κ2) is 15.8. The Kier molecular flexibility index (Phi) is 11.9. The molecule has 4 heteroatoms. The maximum atomic E-state index is 2.18. The van der Waals surface area contributed by atoms with Crippen molar-refractivity contribution in [3.05, 3.63) is 134 Å². The Morgan fingerprint density at radius 2 is 0.675 bits per heavy atom. The van der Waals surface area contributed by atoms with Gasteiger partial charge in [-0.25, -0.2) is 9.13 Å². The van der Waals surface area contributed by atoms with Crippen molar-refractivity contribution in [2.24, 2.45) is 0 Å². The van der Waals surface area contributed by atoms with Crippen LogP contribution in [0.25, 0.3) is 22.3 Å². The Labute approximate surface area is 241 Å². The van der Waals surface area contributed by atoms with Crippen LogP contribution in [0.4, 0.5) is 11.4 Å². The van der Waals surface area contributed by atoms with Crippen LogP contribution in [0.2, 0.25) is 0 Å². The average molecular weight is 533 g/mol. The van der Waals surface area contributed by atoms with Crippen molar-refractivity contribution < 1.29 is 9.13 Å². The molecule has 0 N–H and O–H groups in total. The highest BCUT2D eigenvalue weighted by Crippen LogP contribution is 2.24. The summed E-state index contributed by atoms with van der Waals surface area (Å²) in [4.78, 5) is 4.19. The number of benzene rings is 3. The van der Waals surface area contributed by atoms with E-state index in [1.165, 1.54) is 33.6 Å². The summed E-state index contributed by atoms with van der Waals surface area (Å²) < 4.78 is 4.29. The number of pyridine rings is 2. The van der Waals surface area contributed by atoms with Crippen LogP contribution in [0.5, 0.6) is 0 Å². The number of hydrogen-bond donors (Lipinski definition) is 0. The van der Waals surface area contributed by atoms with Gasteiger partial charge >= 0.3 is 0 Å². The molecule has 0 spiro atoms. The molecule has 2 heterocycles. The third-order valence-electron chi connectivity index (χ3n) is 6.61. The minimum atomic E-state index is 1.04. The van der Waals surface area contributed by atoms with Gasteiger partial charge in [-0.1, -0.05) is 84.9 Å². The fourth-order valence-electron chi connectivity index (χ4n) is 4.03. The van der Waals surface area contributed by atoms with E-state index in [1.807, 2.05) is 40.3 Å². The molecule has 0 radical (unpaired) electrons. The van der Waals surface area contributed by atoms with Gasteiger partial charge in [-0.2, -0.15) is 0 Å². The predicted molar refractivity (Wildman–Crippen MR) is 171 cm³/mol. The molecule has 0 fully saturated rings. The molecule has 0 aliphatic rings. The van der Waals surface area contributed by atoms with Crippen LogP contribution in [0, 0.1) is 0 Å². The lowest BCUT2D eigenvalue weighted by molar-refractivity contribution is -0.693. The summed E-state index contributed by atoms with van der Waals surface area (Å²) in [6, 6.07) is 38.1. The molecule has 4 nitrogen and oxygen atoms in total. The number of rotatable bonds is 6. The number of aryl methyl sites for hydroxylation is 2. The van der Waals surface area contributed by atoms with E-state index in [2.05, 4.69) is 155 Å². The normalized spacial score (nSPS) is 9.95. The second-order valence-corrected chi connectivity index (χ2v) is 9.87. The largest absolute Gasteiger partial charge is 0.377 e. The van der Waals surface area contributed by atoms with Gasteiger partial charge in [0.05, 0.1) is 0 Å². The molecule has 3 aromatic carbocycles. The summed E-state index contributed by atoms with van der Waals surface area (Å²) in [5, 5.41) is 0. The van der Waals surface area contributed by atoms with Crippen LogP contribution in [0.1, 0.15) is 13.8 Å². The SMILES string of the molecule is CC[n+]1ccc(N(C)C)cc1.CC[n+]1ccc(N(C)C)cc1.c1ccc(-c2ccc(-c3ccccc3)cc2)cc1. The van der Waals surface area contributed by atoms with Crippen molar-refractivity contribution in [3.8, 4) is 22.3 Å². The molecule has 0 aliphatic carbocycles. The topological polar surface area (TPSA) is 14.2 Å². The molecule has 5 aromatic rings. The first-order valence-corrected chi connectivity index (χ1v) is 13.9. The molecular formula is C36H44N4+2. The minimum absolute atomic E-state index is 1.04. The van der Waals surface area contributed by atoms with Crippen LogP contribution in [-0.2, 0) is 13.1 Å². The third kappa shape index (κ3) is 9.39. The number of hydrogen-bond acceptors (Lipinski definition) is 2. The number of nitrogens with zero attached hydrogens (tertiary/aromatic N) is 4.